The van der Waals surface area contributed by atoms with Gasteiger partial charge in [0.25, 0.3) is 0 Å². The lowest BCUT2D eigenvalue weighted by atomic mass is 9.96. The molecule has 10 aromatic rings. The largest absolute Gasteiger partial charge is 0.442 e. The molecule has 0 saturated carbocycles. The molecule has 8 aromatic carbocycles. The fourth-order valence-electron chi connectivity index (χ4n) is 8.86. The minimum absolute atomic E-state index is 0.453. The fraction of sp³-hybridized carbons (Fsp3) is 0.185. The second-order valence-corrected chi connectivity index (χ2v) is 16.3. The Balaban J connectivity index is 0.658. The van der Waals surface area contributed by atoms with Gasteiger partial charge < -0.3 is 20.1 Å². The molecule has 62 heavy (non-hydrogen) atoms. The van der Waals surface area contributed by atoms with Crippen LogP contribution >= 0.6 is 0 Å². The molecule has 8 nitrogen and oxygen atoms in total. The molecule has 2 N–H and O–H groups in total. The van der Waals surface area contributed by atoms with Crippen LogP contribution in [0.2, 0.25) is 0 Å². The average molecular weight is 815 g/mol. The van der Waals surface area contributed by atoms with Crippen LogP contribution in [0.4, 0.5) is 9.59 Å². The van der Waals surface area contributed by atoms with Crippen molar-refractivity contribution in [3.63, 3.8) is 0 Å². The first kappa shape index (κ1) is 38.9. The van der Waals surface area contributed by atoms with Crippen molar-refractivity contribution >= 4 is 98.6 Å². The van der Waals surface area contributed by atoms with E-state index in [0.29, 0.717) is 13.1 Å². The van der Waals surface area contributed by atoms with E-state index in [9.17, 15) is 9.59 Å². The van der Waals surface area contributed by atoms with Gasteiger partial charge in [-0.05, 0) is 117 Å². The Morgan fingerprint density at radius 1 is 0.435 bits per heavy atom. The van der Waals surface area contributed by atoms with Gasteiger partial charge in [-0.15, -0.1) is 0 Å². The van der Waals surface area contributed by atoms with Crippen LogP contribution in [0.1, 0.15) is 62.9 Å². The number of ether oxygens (including phenoxy) is 2. The number of unbranched alkanes of at least 4 members (excludes halogenated alkanes) is 3. The van der Waals surface area contributed by atoms with E-state index in [4.69, 9.17) is 19.4 Å². The Morgan fingerprint density at radius 2 is 0.823 bits per heavy atom. The van der Waals surface area contributed by atoms with Gasteiger partial charge in [0.15, 0.2) is 0 Å². The number of fused-ring (bicyclic) bond motifs is 12. The molecular weight excluding hydrogens is 769 g/mol. The number of aromatic nitrogens is 2. The van der Waals surface area contributed by atoms with Gasteiger partial charge >= 0.3 is 12.2 Å². The van der Waals surface area contributed by atoms with Gasteiger partial charge in [-0.2, -0.15) is 0 Å². The van der Waals surface area contributed by atoms with Crippen molar-refractivity contribution in [1.82, 2.24) is 20.6 Å². The van der Waals surface area contributed by atoms with Crippen LogP contribution in [-0.4, -0.2) is 35.2 Å². The second kappa shape index (κ2) is 16.6. The lowest BCUT2D eigenvalue weighted by Gasteiger charge is -2.15. The summed E-state index contributed by atoms with van der Waals surface area (Å²) in [7, 11) is 0. The first-order valence-electron chi connectivity index (χ1n) is 21.5. The first-order valence-corrected chi connectivity index (χ1v) is 21.5. The molecule has 8 heteroatoms. The van der Waals surface area contributed by atoms with Crippen LogP contribution in [-0.2, 0) is 9.47 Å². The zero-order valence-corrected chi connectivity index (χ0v) is 34.8. The minimum atomic E-state index is -0.459. The van der Waals surface area contributed by atoms with Crippen molar-refractivity contribution in [1.29, 1.82) is 0 Å². The fourth-order valence-corrected chi connectivity index (χ4v) is 8.86. The third-order valence-electron chi connectivity index (χ3n) is 12.3. The number of alkyl carbamates (subject to hydrolysis) is 2. The maximum atomic E-state index is 12.7. The van der Waals surface area contributed by atoms with Crippen LogP contribution < -0.4 is 10.6 Å². The van der Waals surface area contributed by atoms with E-state index >= 15 is 0 Å². The standard InChI is InChI=1S/C54H46N4O4/c1-33(43-27-41-17-19-45-47(51(41)57-31-43)21-15-39-25-35-11-5-7-13-37(35)29-49(39)45)61-53(59)55-23-9-3-4-10-24-56-54(60)62-34(2)44-28-42-18-20-46-48(52(42)58-32-44)22-16-40-26-36-12-6-8-14-38(36)30-50(40)46/h5-8,11-22,25-34H,3-4,9-10,23-24H2,1-2H3,(H,55,59)(H,56,60). The molecule has 0 aliphatic rings. The van der Waals surface area contributed by atoms with E-state index in [1.54, 1.807) is 12.4 Å². The van der Waals surface area contributed by atoms with Crippen molar-refractivity contribution in [3.8, 4) is 0 Å². The molecular formula is C54H46N4O4. The van der Waals surface area contributed by atoms with Crippen molar-refractivity contribution in [2.75, 3.05) is 13.1 Å². The summed E-state index contributed by atoms with van der Waals surface area (Å²) in [4.78, 5) is 35.0. The zero-order valence-electron chi connectivity index (χ0n) is 34.8. The van der Waals surface area contributed by atoms with Crippen molar-refractivity contribution in [2.24, 2.45) is 0 Å². The number of carbonyl (C=O) groups is 2. The number of pyridine rings is 2. The maximum Gasteiger partial charge on any atom is 0.407 e. The highest BCUT2D eigenvalue weighted by molar-refractivity contribution is 6.19. The van der Waals surface area contributed by atoms with Gasteiger partial charge in [0, 0.05) is 58.2 Å². The molecule has 2 aromatic heterocycles. The Bertz CT molecular complexity index is 3140. The van der Waals surface area contributed by atoms with Crippen LogP contribution in [0.3, 0.4) is 0 Å². The predicted octanol–water partition coefficient (Wildman–Crippen LogP) is 13.5. The van der Waals surface area contributed by atoms with E-state index in [0.717, 1.165) is 69.4 Å². The SMILES string of the molecule is CC(OC(=O)NCCCCCCNC(=O)OC(C)c1cnc2c(ccc3c4cc5ccccc5cc4ccc32)c1)c1cnc2c(ccc3c4cc5ccccc5cc4ccc32)c1. The molecule has 2 atom stereocenters. The van der Waals surface area contributed by atoms with E-state index in [1.165, 1.54) is 53.9 Å². The quantitative estimate of drug-likeness (QED) is 0.0766. The first-order chi connectivity index (χ1) is 30.4. The molecule has 2 amide bonds. The molecule has 10 rings (SSSR count). The molecule has 306 valence electrons. The summed E-state index contributed by atoms with van der Waals surface area (Å²) in [5.74, 6) is 0. The summed E-state index contributed by atoms with van der Waals surface area (Å²) in [6, 6.07) is 47.1. The minimum Gasteiger partial charge on any atom is -0.442 e. The van der Waals surface area contributed by atoms with Crippen LogP contribution in [0.5, 0.6) is 0 Å². The summed E-state index contributed by atoms with van der Waals surface area (Å²) in [6.07, 6.45) is 5.20. The summed E-state index contributed by atoms with van der Waals surface area (Å²) < 4.78 is 11.4. The lowest BCUT2D eigenvalue weighted by Crippen LogP contribution is -2.27. The number of hydrogen-bond acceptors (Lipinski definition) is 6. The molecule has 0 spiro atoms. The van der Waals surface area contributed by atoms with E-state index in [2.05, 4.69) is 144 Å². The average Bonchev–Trinajstić information content (AvgIpc) is 3.30. The lowest BCUT2D eigenvalue weighted by molar-refractivity contribution is 0.106. The molecule has 0 aliphatic heterocycles. The van der Waals surface area contributed by atoms with Gasteiger partial charge in [-0.1, -0.05) is 110 Å². The van der Waals surface area contributed by atoms with E-state index in [-0.39, 0.29) is 0 Å². The Labute approximate surface area is 358 Å². The third-order valence-corrected chi connectivity index (χ3v) is 12.3. The van der Waals surface area contributed by atoms with Crippen molar-refractivity contribution in [3.05, 3.63) is 157 Å². The van der Waals surface area contributed by atoms with Gasteiger partial charge in [0.1, 0.15) is 12.2 Å². The highest BCUT2D eigenvalue weighted by atomic mass is 16.6. The second-order valence-electron chi connectivity index (χ2n) is 16.3. The number of benzene rings is 8. The van der Waals surface area contributed by atoms with Gasteiger partial charge in [-0.25, -0.2) is 9.59 Å². The smallest absolute Gasteiger partial charge is 0.407 e. The number of rotatable bonds is 11. The predicted molar refractivity (Wildman–Crippen MR) is 253 cm³/mol. The van der Waals surface area contributed by atoms with Gasteiger partial charge in [-0.3, -0.25) is 9.97 Å². The molecule has 0 fully saturated rings. The Hall–Kier alpha value is -7.32. The van der Waals surface area contributed by atoms with Crippen LogP contribution in [0.25, 0.3) is 86.4 Å². The summed E-state index contributed by atoms with van der Waals surface area (Å²) in [5.41, 5.74) is 3.53. The Morgan fingerprint density at radius 3 is 1.26 bits per heavy atom. The zero-order chi connectivity index (χ0) is 42.2. The van der Waals surface area contributed by atoms with Crippen molar-refractivity contribution in [2.45, 2.75) is 51.7 Å². The van der Waals surface area contributed by atoms with Crippen LogP contribution in [0, 0.1) is 0 Å². The van der Waals surface area contributed by atoms with Gasteiger partial charge in [0.2, 0.25) is 0 Å². The number of nitrogens with zero attached hydrogens (tertiary/aromatic N) is 2. The molecule has 0 radical (unpaired) electrons. The molecule has 2 unspecified atom stereocenters. The number of nitrogens with one attached hydrogen (secondary N) is 2. The number of carbonyl (C=O) groups excluding carboxylic acids is 2. The summed E-state index contributed by atoms with van der Waals surface area (Å²) in [5, 5.41) is 22.0. The normalized spacial score (nSPS) is 12.7. The summed E-state index contributed by atoms with van der Waals surface area (Å²) in [6.45, 7) is 4.74. The van der Waals surface area contributed by atoms with Crippen LogP contribution in [0.15, 0.2) is 146 Å². The highest BCUT2D eigenvalue weighted by Crippen LogP contribution is 2.35. The molecule has 2 heterocycles. The summed E-state index contributed by atoms with van der Waals surface area (Å²) >= 11 is 0. The van der Waals surface area contributed by atoms with E-state index in [1.807, 2.05) is 13.8 Å². The Kier molecular flexibility index (Phi) is 10.4. The maximum absolute atomic E-state index is 12.7. The monoisotopic (exact) mass is 814 g/mol. The van der Waals surface area contributed by atoms with Crippen molar-refractivity contribution < 1.29 is 19.1 Å². The number of amides is 2. The molecule has 0 bridgehead atoms. The third kappa shape index (κ3) is 7.64. The van der Waals surface area contributed by atoms with E-state index < -0.39 is 24.4 Å². The highest BCUT2D eigenvalue weighted by Gasteiger charge is 2.16. The molecule has 0 aliphatic carbocycles. The molecule has 0 saturated heterocycles. The topological polar surface area (TPSA) is 102 Å². The van der Waals surface area contributed by atoms with Gasteiger partial charge in [0.05, 0.1) is 11.0 Å². The number of hydrogen-bond donors (Lipinski definition) is 2.